The summed E-state index contributed by atoms with van der Waals surface area (Å²) in [4.78, 5) is 0. The summed E-state index contributed by atoms with van der Waals surface area (Å²) in [6, 6.07) is 0. The van der Waals surface area contributed by atoms with Gasteiger partial charge in [0, 0.05) is 37.2 Å². The maximum atomic E-state index is 6.09. The minimum atomic E-state index is -1.42. The summed E-state index contributed by atoms with van der Waals surface area (Å²) in [6.07, 6.45) is 41.3. The van der Waals surface area contributed by atoms with E-state index in [0.717, 1.165) is 0 Å². The van der Waals surface area contributed by atoms with Gasteiger partial charge in [0.1, 0.15) is 13.7 Å². The van der Waals surface area contributed by atoms with E-state index in [4.69, 9.17) is 56.4 Å². The Morgan fingerprint density at radius 3 is 0.600 bits per heavy atom. The van der Waals surface area contributed by atoms with Crippen LogP contribution in [0.25, 0.3) is 0 Å². The highest BCUT2D eigenvalue weighted by molar-refractivity contribution is 4.89. The first-order valence-electron chi connectivity index (χ1n) is 30.2. The fourth-order valence-corrected chi connectivity index (χ4v) is 0. The van der Waals surface area contributed by atoms with Crippen LogP contribution >= 0.6 is 0 Å². The molecular weight excluding hydrogens is 480 g/mol. The van der Waals surface area contributed by atoms with Crippen LogP contribution in [-0.2, 0) is 0 Å². The molecule has 0 aliphatic rings. The second-order valence-corrected chi connectivity index (χ2v) is 1.50. The first kappa shape index (κ1) is 18.0. The van der Waals surface area contributed by atoms with Crippen molar-refractivity contribution in [3.05, 3.63) is 26.2 Å². The van der Waals surface area contributed by atoms with Gasteiger partial charge in [-0.3, -0.25) is 0 Å². The Kier molecular flexibility index (Phi) is 39400. The molecule has 0 saturated carbocycles. The SMILES string of the molecule is C#C.C#C.C#C.CC#CC.[3H]C.[3H]C.[3H]C.[3H]C.[3H]C.[3H]C.[3H]C#CC.[3H]C#CC.[3H]C#CC.[3H]C#CC.[3H]C#C[3H].[3H]C#C[3H].[3H]C#C[3H].[3H]C([3H])=C.[3H]C([3H])=C.[3H]C([3H])[3H].[3H]C([3H])[3H].[3H][3H].[3H][3H].[3H][3H].[3H][3H].[3H][3H].[3H][3H].[3H][3H]. The Labute approximate surface area is 323 Å². The van der Waals surface area contributed by atoms with Crippen molar-refractivity contribution in [3.8, 4) is 138 Å². The van der Waals surface area contributed by atoms with Crippen molar-refractivity contribution in [2.45, 2.75) is 101 Å². The van der Waals surface area contributed by atoms with E-state index in [0.29, 0.717) is 0 Å². The third kappa shape index (κ3) is 1720. The van der Waals surface area contributed by atoms with Crippen LogP contribution in [0.4, 0.5) is 0 Å². The standard InChI is InChI=1S/C4H6.4C3H4.2C2H4.6C2H2.8CH4.7H2/c1-3-4-2;4*1-3-2;8*1-2;;;;;;;;;;;;;;;/h1-2H3;4*1H,2H3;2*1-2H2;6*1-2H;8*1H4;7*1H/i;4*1T;2*1T2;3*1T,2T;;;;2*1T3;6*1T;7*1+2T. The molecule has 0 atom stereocenters. The van der Waals surface area contributed by atoms with Gasteiger partial charge < -0.3 is 0 Å². The molecule has 0 heteroatoms. The molecule has 0 radical (unpaired) electrons. The minimum Gasteiger partial charge on any atom is -0.124 e. The first-order chi connectivity index (χ1) is 38.2. The van der Waals surface area contributed by atoms with E-state index in [9.17, 15) is 0 Å². The van der Waals surface area contributed by atoms with Crippen molar-refractivity contribution in [1.29, 1.82) is 0 Å². The van der Waals surface area contributed by atoms with E-state index in [1.54, 1.807) is 66.1 Å². The predicted molar refractivity (Wildman–Crippen MR) is 228 cm³/mol. The molecule has 0 nitrogen and oxygen atoms in total. The molecular formula is C40H88. The second-order valence-electron chi connectivity index (χ2n) is 1.50. The fourth-order valence-electron chi connectivity index (χ4n) is 0. The van der Waals surface area contributed by atoms with Crippen LogP contribution in [0.2, 0.25) is 0 Å². The average Bonchev–Trinajstić information content (AvgIpc) is 3.54. The monoisotopic (exact) mass is 649 g/mol. The fraction of sp³-hybridized carbons (Fsp3) is 0.350. The van der Waals surface area contributed by atoms with Crippen LogP contribution in [0.1, 0.15) is 157 Å². The van der Waals surface area contributed by atoms with Crippen molar-refractivity contribution in [2.75, 3.05) is 0 Å². The molecule has 0 bridgehead atoms. The van der Waals surface area contributed by atoms with E-state index in [2.05, 4.69) is 87.2 Å². The Bertz CT molecular complexity index is 942. The van der Waals surface area contributed by atoms with Crippen LogP contribution in [0.15, 0.2) is 26.2 Å². The van der Waals surface area contributed by atoms with Gasteiger partial charge in [-0.15, -0.1) is 164 Å². The molecule has 0 aliphatic carbocycles. The Morgan fingerprint density at radius 2 is 0.600 bits per heavy atom. The summed E-state index contributed by atoms with van der Waals surface area (Å²) in [6.45, 7) is 15.3. The number of hydrogen-bond acceptors (Lipinski definition) is 0. The summed E-state index contributed by atoms with van der Waals surface area (Å²) in [7, 11) is 4.67. The topological polar surface area (TPSA) is 0 Å². The molecule has 0 aromatic carbocycles. The van der Waals surface area contributed by atoms with Gasteiger partial charge in [0.05, 0.1) is 5.48 Å². The summed E-state index contributed by atoms with van der Waals surface area (Å²) in [5, 5.41) is 0. The zero-order valence-corrected chi connectivity index (χ0v) is 27.0. The molecule has 0 aromatic rings. The Morgan fingerprint density at radius 1 is 0.525 bits per heavy atom. The van der Waals surface area contributed by atoms with Crippen LogP contribution in [0, 0.1) is 138 Å². The van der Waals surface area contributed by atoms with Gasteiger partial charge in [0.2, 0.25) is 0 Å². The zero-order chi connectivity index (χ0) is 73.6. The maximum absolute atomic E-state index is 6.09. The van der Waals surface area contributed by atoms with Gasteiger partial charge in [-0.2, -0.15) is 0 Å². The van der Waals surface area contributed by atoms with Crippen LogP contribution in [-0.4, -0.2) is 0 Å². The molecule has 248 valence electrons. The van der Waals surface area contributed by atoms with Gasteiger partial charge in [-0.05, 0) is 41.5 Å². The van der Waals surface area contributed by atoms with Gasteiger partial charge in [0.25, 0.3) is 0 Å². The molecule has 0 amide bonds. The molecule has 0 heterocycles. The molecule has 0 aliphatic heterocycles. The smallest absolute Gasteiger partial charge is 0.124 e. The van der Waals surface area contributed by atoms with E-state index in [1.165, 1.54) is 44.4 Å². The van der Waals surface area contributed by atoms with Gasteiger partial charge in [-0.1, -0.05) is 59.1 Å². The molecule has 0 rings (SSSR count). The highest BCUT2D eigenvalue weighted by Crippen LogP contribution is 1.39. The van der Waals surface area contributed by atoms with Crippen LogP contribution in [0.5, 0.6) is 0 Å². The number of terminal acetylenes is 10. The van der Waals surface area contributed by atoms with Gasteiger partial charge in [-0.25, -0.2) is 0 Å². The third-order valence-corrected chi connectivity index (χ3v) is 0.250. The van der Waals surface area contributed by atoms with E-state index in [-0.39, 0.29) is 13.1 Å². The van der Waals surface area contributed by atoms with E-state index in [1.807, 2.05) is 39.4 Å². The van der Waals surface area contributed by atoms with Gasteiger partial charge in [0.15, 0.2) is 0 Å². The van der Waals surface area contributed by atoms with Crippen molar-refractivity contribution in [1.82, 2.24) is 0 Å². The summed E-state index contributed by atoms with van der Waals surface area (Å²) >= 11 is 0. The lowest BCUT2D eigenvalue weighted by molar-refractivity contribution is 1.83. The maximum Gasteiger partial charge on any atom is 0.124 e. The lowest BCUT2D eigenvalue weighted by atomic mass is 10.7. The zero-order valence-electron chi connectivity index (χ0n) is 67.0. The summed E-state index contributed by atoms with van der Waals surface area (Å²) in [5.74, 6) is 14.8. The second kappa shape index (κ2) is 87500. The van der Waals surface area contributed by atoms with Crippen LogP contribution in [0.3, 0.4) is 0 Å². The summed E-state index contributed by atoms with van der Waals surface area (Å²) in [5.41, 5.74) is 0. The lowest BCUT2D eigenvalue weighted by Crippen LogP contribution is -1.28. The minimum absolute atomic E-state index is 0.333. The van der Waals surface area contributed by atoms with Crippen molar-refractivity contribution in [2.24, 2.45) is 0 Å². The Hall–Kier alpha value is -5.36. The normalized spacial score (nSPS) is 9.00. The molecule has 0 saturated heterocycles. The third-order valence-electron chi connectivity index (χ3n) is 0.250. The lowest BCUT2D eigenvalue weighted by Gasteiger charge is -1.40. The number of rotatable bonds is 0. The van der Waals surface area contributed by atoms with Gasteiger partial charge >= 0.3 is 0 Å². The highest BCUT2D eigenvalue weighted by atomic mass is 13.3. The van der Waals surface area contributed by atoms with Crippen molar-refractivity contribution in [3.63, 3.8) is 0 Å². The number of hydrogen-bond donors (Lipinski definition) is 0. The molecule has 0 fully saturated rings. The highest BCUT2D eigenvalue weighted by Gasteiger charge is 1.26. The summed E-state index contributed by atoms with van der Waals surface area (Å²) < 4.78 is 224. The average molecular weight is 649 g/mol. The first-order valence-corrected chi connectivity index (χ1v) is 6.71. The molecule has 40 heavy (non-hydrogen) atoms. The van der Waals surface area contributed by atoms with Crippen LogP contribution < -0.4 is 0 Å². The molecule has 0 spiro atoms. The Balaban J connectivity index is -0.0000000136. The van der Waals surface area contributed by atoms with E-state index >= 15 is 0 Å². The molecule has 0 aromatic heterocycles. The molecule has 0 N–H and O–H groups in total. The van der Waals surface area contributed by atoms with E-state index < -0.39 is 14.7 Å². The molecule has 0 unspecified atom stereocenters. The van der Waals surface area contributed by atoms with Crippen molar-refractivity contribution < 1.29 is 56.4 Å². The largest absolute Gasteiger partial charge is 0.124 e. The van der Waals surface area contributed by atoms with Crippen molar-refractivity contribution >= 4 is 0 Å². The predicted octanol–water partition coefficient (Wildman–Crippen LogP) is 13.5. The quantitative estimate of drug-likeness (QED) is 0.181.